The van der Waals surface area contributed by atoms with Gasteiger partial charge in [-0.25, -0.2) is 4.79 Å². The maximum absolute atomic E-state index is 11.7. The van der Waals surface area contributed by atoms with E-state index in [1.807, 2.05) is 21.1 Å². The van der Waals surface area contributed by atoms with Crippen molar-refractivity contribution in [3.63, 3.8) is 0 Å². The zero-order valence-corrected chi connectivity index (χ0v) is 16.5. The highest BCUT2D eigenvalue weighted by Crippen LogP contribution is 2.12. The van der Waals surface area contributed by atoms with Gasteiger partial charge >= 0.3 is 5.91 Å². The lowest BCUT2D eigenvalue weighted by atomic mass is 10.1. The monoisotopic (exact) mass is 314 g/mol. The van der Waals surface area contributed by atoms with E-state index in [0.717, 1.165) is 12.8 Å². The molecule has 0 aromatic heterocycles. The molecule has 0 radical (unpaired) electrons. The van der Waals surface area contributed by atoms with Crippen molar-refractivity contribution in [2.75, 3.05) is 21.1 Å². The summed E-state index contributed by atoms with van der Waals surface area (Å²) in [6.45, 7) is 6.52. The average molecular weight is 315 g/mol. The highest BCUT2D eigenvalue weighted by atomic mass is 16.2. The number of nitrogens with zero attached hydrogens (tertiary/aromatic N) is 1. The van der Waals surface area contributed by atoms with Gasteiger partial charge < -0.3 is 0 Å². The van der Waals surface area contributed by atoms with Gasteiger partial charge in [0.05, 0.1) is 27.6 Å². The molecule has 0 rings (SSSR count). The van der Waals surface area contributed by atoms with Crippen molar-refractivity contribution >= 4 is 5.91 Å². The van der Waals surface area contributed by atoms with Gasteiger partial charge in [0.25, 0.3) is 0 Å². The van der Waals surface area contributed by atoms with E-state index in [-0.39, 0.29) is 0 Å². The maximum atomic E-state index is 11.7. The molecule has 0 heterocycles. The van der Waals surface area contributed by atoms with Crippen LogP contribution in [0.5, 0.6) is 0 Å². The van der Waals surface area contributed by atoms with Gasteiger partial charge in [-0.1, -0.05) is 91.4 Å². The summed E-state index contributed by atoms with van der Waals surface area (Å²) in [6, 6.07) is 0. The van der Waals surface area contributed by atoms with Crippen LogP contribution in [0.2, 0.25) is 0 Å². The standard InChI is InChI=1S/C17H36NO.C3H8/c1-5-6-7-8-9-10-11-12-13-14-15-16-17(19)18(2,3)4;1-3-2/h5-16H2,1-4H3;3H2,1-2H3/q+1;. The Morgan fingerprint density at radius 1 is 0.636 bits per heavy atom. The van der Waals surface area contributed by atoms with Gasteiger partial charge in [0.1, 0.15) is 0 Å². The number of hydrogen-bond donors (Lipinski definition) is 0. The molecule has 0 unspecified atom stereocenters. The van der Waals surface area contributed by atoms with E-state index in [1.54, 1.807) is 0 Å². The Morgan fingerprint density at radius 3 is 1.27 bits per heavy atom. The minimum absolute atomic E-state index is 0.357. The number of amides is 1. The lowest BCUT2D eigenvalue weighted by molar-refractivity contribution is -0.792. The fourth-order valence-electron chi connectivity index (χ4n) is 2.28. The van der Waals surface area contributed by atoms with Crippen LogP contribution in [0.3, 0.4) is 0 Å². The Labute approximate surface area is 141 Å². The largest absolute Gasteiger partial charge is 0.313 e. The first-order valence-electron chi connectivity index (χ1n) is 9.74. The maximum Gasteiger partial charge on any atom is 0.313 e. The first kappa shape index (κ1) is 23.9. The number of rotatable bonds is 12. The van der Waals surface area contributed by atoms with E-state index in [2.05, 4.69) is 20.8 Å². The fraction of sp³-hybridized carbons (Fsp3) is 0.950. The third-order valence-electron chi connectivity index (χ3n) is 3.74. The Kier molecular flexibility index (Phi) is 18.5. The molecule has 0 aromatic carbocycles. The van der Waals surface area contributed by atoms with Crippen molar-refractivity contribution in [3.8, 4) is 0 Å². The lowest BCUT2D eigenvalue weighted by Crippen LogP contribution is -2.40. The summed E-state index contributed by atoms with van der Waals surface area (Å²) in [4.78, 5) is 11.7. The van der Waals surface area contributed by atoms with Gasteiger partial charge in [0.2, 0.25) is 0 Å². The molecule has 134 valence electrons. The summed E-state index contributed by atoms with van der Waals surface area (Å²) >= 11 is 0. The molecule has 0 N–H and O–H groups in total. The van der Waals surface area contributed by atoms with E-state index in [4.69, 9.17) is 0 Å². The van der Waals surface area contributed by atoms with Crippen LogP contribution in [0.1, 0.15) is 104 Å². The van der Waals surface area contributed by atoms with Crippen molar-refractivity contribution in [1.82, 2.24) is 0 Å². The third-order valence-corrected chi connectivity index (χ3v) is 3.74. The molecule has 0 bridgehead atoms. The van der Waals surface area contributed by atoms with Crippen molar-refractivity contribution in [3.05, 3.63) is 0 Å². The topological polar surface area (TPSA) is 17.1 Å². The molecule has 0 aliphatic heterocycles. The number of carbonyl (C=O) groups excluding carboxylic acids is 1. The van der Waals surface area contributed by atoms with Gasteiger partial charge in [0.15, 0.2) is 0 Å². The van der Waals surface area contributed by atoms with Crippen molar-refractivity contribution < 1.29 is 9.28 Å². The lowest BCUT2D eigenvalue weighted by Gasteiger charge is -2.20. The van der Waals surface area contributed by atoms with Crippen molar-refractivity contribution in [1.29, 1.82) is 0 Å². The minimum atomic E-state index is 0.357. The van der Waals surface area contributed by atoms with Crippen molar-refractivity contribution in [2.24, 2.45) is 0 Å². The fourth-order valence-corrected chi connectivity index (χ4v) is 2.28. The first-order valence-corrected chi connectivity index (χ1v) is 9.74. The summed E-state index contributed by atoms with van der Waals surface area (Å²) in [5.74, 6) is 0.357. The van der Waals surface area contributed by atoms with E-state index in [1.165, 1.54) is 70.6 Å². The Balaban J connectivity index is 0. The van der Waals surface area contributed by atoms with Gasteiger partial charge in [-0.3, -0.25) is 4.48 Å². The van der Waals surface area contributed by atoms with Gasteiger partial charge in [-0.2, -0.15) is 0 Å². The zero-order chi connectivity index (χ0) is 17.3. The number of unbranched alkanes of at least 4 members (excludes halogenated alkanes) is 10. The number of quaternary nitrogens is 1. The second kappa shape index (κ2) is 17.0. The molecular weight excluding hydrogens is 270 g/mol. The van der Waals surface area contributed by atoms with E-state index in [0.29, 0.717) is 10.4 Å². The van der Waals surface area contributed by atoms with Crippen LogP contribution in [0.15, 0.2) is 0 Å². The van der Waals surface area contributed by atoms with E-state index >= 15 is 0 Å². The molecule has 0 saturated carbocycles. The van der Waals surface area contributed by atoms with Crippen LogP contribution in [0.4, 0.5) is 0 Å². The van der Waals surface area contributed by atoms with Gasteiger partial charge in [0, 0.05) is 0 Å². The number of hydrogen-bond acceptors (Lipinski definition) is 1. The SMILES string of the molecule is CCC.CCCCCCCCCCCCCC(=O)[N+](C)(C)C. The molecule has 0 fully saturated rings. The molecule has 0 aromatic rings. The molecule has 22 heavy (non-hydrogen) atoms. The predicted molar refractivity (Wildman–Crippen MR) is 100 cm³/mol. The van der Waals surface area contributed by atoms with Crippen LogP contribution in [0, 0.1) is 0 Å². The van der Waals surface area contributed by atoms with Crippen LogP contribution in [-0.2, 0) is 4.79 Å². The molecule has 0 spiro atoms. The predicted octanol–water partition coefficient (Wildman–Crippen LogP) is 6.34. The summed E-state index contributed by atoms with van der Waals surface area (Å²) in [7, 11) is 5.88. The Hall–Kier alpha value is -0.370. The zero-order valence-electron chi connectivity index (χ0n) is 16.5. The normalized spacial score (nSPS) is 11.0. The second-order valence-corrected chi connectivity index (χ2v) is 7.40. The van der Waals surface area contributed by atoms with Gasteiger partial charge in [-0.15, -0.1) is 0 Å². The van der Waals surface area contributed by atoms with Gasteiger partial charge in [-0.05, 0) is 6.42 Å². The molecule has 1 amide bonds. The summed E-state index contributed by atoms with van der Waals surface area (Å²) < 4.78 is 0.470. The van der Waals surface area contributed by atoms with Crippen LogP contribution < -0.4 is 0 Å². The molecular formula is C20H44NO+. The first-order chi connectivity index (χ1) is 10.4. The smallest absolute Gasteiger partial charge is 0.268 e. The Morgan fingerprint density at radius 2 is 0.955 bits per heavy atom. The Bertz CT molecular complexity index is 230. The highest BCUT2D eigenvalue weighted by Gasteiger charge is 2.18. The van der Waals surface area contributed by atoms with E-state index < -0.39 is 0 Å². The van der Waals surface area contributed by atoms with Crippen molar-refractivity contribution in [2.45, 2.75) is 104 Å². The van der Waals surface area contributed by atoms with E-state index in [9.17, 15) is 4.79 Å². The molecule has 0 saturated heterocycles. The summed E-state index contributed by atoms with van der Waals surface area (Å²) in [5.41, 5.74) is 0. The van der Waals surface area contributed by atoms with Crippen LogP contribution >= 0.6 is 0 Å². The molecule has 2 heteroatoms. The molecule has 2 nitrogen and oxygen atoms in total. The average Bonchev–Trinajstić information content (AvgIpc) is 2.44. The quantitative estimate of drug-likeness (QED) is 0.303. The summed E-state index contributed by atoms with van der Waals surface area (Å²) in [6.07, 6.45) is 16.7. The molecule has 0 atom stereocenters. The molecule has 0 aliphatic carbocycles. The van der Waals surface area contributed by atoms with Crippen LogP contribution in [-0.4, -0.2) is 31.5 Å². The number of carbonyl (C=O) groups is 1. The second-order valence-electron chi connectivity index (χ2n) is 7.40. The van der Waals surface area contributed by atoms with Crippen LogP contribution in [0.25, 0.3) is 0 Å². The molecule has 0 aliphatic rings. The third kappa shape index (κ3) is 19.6. The highest BCUT2D eigenvalue weighted by molar-refractivity contribution is 5.68. The summed E-state index contributed by atoms with van der Waals surface area (Å²) in [5, 5.41) is 0. The minimum Gasteiger partial charge on any atom is -0.268 e.